The van der Waals surface area contributed by atoms with Crippen LogP contribution in [0.25, 0.3) is 11.3 Å². The zero-order chi connectivity index (χ0) is 21.5. The number of piperidine rings is 1. The van der Waals surface area contributed by atoms with Crippen LogP contribution in [0.15, 0.2) is 28.8 Å². The largest absolute Gasteiger partial charge is 0.360 e. The molecule has 0 saturated carbocycles. The van der Waals surface area contributed by atoms with Crippen molar-refractivity contribution in [2.45, 2.75) is 52.4 Å². The molecule has 1 fully saturated rings. The van der Waals surface area contributed by atoms with Crippen molar-refractivity contribution in [1.29, 1.82) is 0 Å². The normalized spacial score (nSPS) is 16.5. The van der Waals surface area contributed by atoms with Crippen LogP contribution in [-0.2, 0) is 4.79 Å². The summed E-state index contributed by atoms with van der Waals surface area (Å²) in [7, 11) is 0. The van der Waals surface area contributed by atoms with Gasteiger partial charge in [0.15, 0.2) is 0 Å². The second kappa shape index (κ2) is 10.4. The SMILES string of the molecule is CCCCCCNC(=O)C1CCCN(C(=O)c2c(-c3ccc(F)cc3)noc2C)C1. The lowest BCUT2D eigenvalue weighted by Gasteiger charge is -2.32. The van der Waals surface area contributed by atoms with Gasteiger partial charge in [-0.2, -0.15) is 0 Å². The Kier molecular flexibility index (Phi) is 7.60. The van der Waals surface area contributed by atoms with Crippen molar-refractivity contribution in [3.8, 4) is 11.3 Å². The number of carbonyl (C=O) groups excluding carboxylic acids is 2. The highest BCUT2D eigenvalue weighted by molar-refractivity contribution is 6.01. The van der Waals surface area contributed by atoms with Crippen LogP contribution in [-0.4, -0.2) is 41.5 Å². The van der Waals surface area contributed by atoms with Gasteiger partial charge in [0, 0.05) is 25.2 Å². The van der Waals surface area contributed by atoms with Gasteiger partial charge in [-0.3, -0.25) is 9.59 Å². The average Bonchev–Trinajstić information content (AvgIpc) is 3.15. The maximum Gasteiger partial charge on any atom is 0.259 e. The minimum Gasteiger partial charge on any atom is -0.360 e. The number of halogens is 1. The van der Waals surface area contributed by atoms with Crippen molar-refractivity contribution >= 4 is 11.8 Å². The molecule has 0 bridgehead atoms. The maximum absolute atomic E-state index is 13.3. The summed E-state index contributed by atoms with van der Waals surface area (Å²) >= 11 is 0. The van der Waals surface area contributed by atoms with E-state index in [0.29, 0.717) is 42.2 Å². The van der Waals surface area contributed by atoms with Crippen LogP contribution in [0.2, 0.25) is 0 Å². The van der Waals surface area contributed by atoms with Crippen molar-refractivity contribution in [3.05, 3.63) is 41.4 Å². The van der Waals surface area contributed by atoms with Crippen molar-refractivity contribution < 1.29 is 18.5 Å². The molecule has 30 heavy (non-hydrogen) atoms. The smallest absolute Gasteiger partial charge is 0.259 e. The number of benzene rings is 1. The summed E-state index contributed by atoms with van der Waals surface area (Å²) in [6.45, 7) is 5.51. The molecule has 7 heteroatoms. The van der Waals surface area contributed by atoms with Gasteiger partial charge in [-0.05, 0) is 50.5 Å². The molecule has 0 spiro atoms. The first-order valence-corrected chi connectivity index (χ1v) is 10.8. The van der Waals surface area contributed by atoms with Gasteiger partial charge in [0.2, 0.25) is 5.91 Å². The highest BCUT2D eigenvalue weighted by Crippen LogP contribution is 2.28. The fourth-order valence-electron chi connectivity index (χ4n) is 3.87. The van der Waals surface area contributed by atoms with Crippen LogP contribution in [0.5, 0.6) is 0 Å². The molecule has 0 radical (unpaired) electrons. The number of hydrogen-bond acceptors (Lipinski definition) is 4. The van der Waals surface area contributed by atoms with Crippen molar-refractivity contribution in [3.63, 3.8) is 0 Å². The molecular formula is C23H30FN3O3. The number of carbonyl (C=O) groups is 2. The van der Waals surface area contributed by atoms with Crippen LogP contribution in [0.4, 0.5) is 4.39 Å². The van der Waals surface area contributed by atoms with E-state index in [1.807, 2.05) is 0 Å². The Morgan fingerprint density at radius 1 is 1.23 bits per heavy atom. The highest BCUT2D eigenvalue weighted by Gasteiger charge is 2.32. The molecule has 1 aromatic carbocycles. The maximum atomic E-state index is 13.3. The Hall–Kier alpha value is -2.70. The van der Waals surface area contributed by atoms with E-state index in [9.17, 15) is 14.0 Å². The summed E-state index contributed by atoms with van der Waals surface area (Å²) in [4.78, 5) is 27.5. The number of unbranched alkanes of at least 4 members (excludes halogenated alkanes) is 3. The van der Waals surface area contributed by atoms with E-state index in [4.69, 9.17) is 4.52 Å². The number of hydrogen-bond donors (Lipinski definition) is 1. The summed E-state index contributed by atoms with van der Waals surface area (Å²) in [5, 5.41) is 7.04. The molecule has 1 saturated heterocycles. The quantitative estimate of drug-likeness (QED) is 0.651. The van der Waals surface area contributed by atoms with Gasteiger partial charge in [-0.25, -0.2) is 4.39 Å². The van der Waals surface area contributed by atoms with Crippen molar-refractivity contribution in [1.82, 2.24) is 15.4 Å². The predicted molar refractivity (Wildman–Crippen MR) is 112 cm³/mol. The van der Waals surface area contributed by atoms with Crippen LogP contribution < -0.4 is 5.32 Å². The Bertz CT molecular complexity index is 863. The van der Waals surface area contributed by atoms with Crippen molar-refractivity contribution in [2.75, 3.05) is 19.6 Å². The molecule has 6 nitrogen and oxygen atoms in total. The van der Waals surface area contributed by atoms with Crippen molar-refractivity contribution in [2.24, 2.45) is 5.92 Å². The third-order valence-electron chi connectivity index (χ3n) is 5.60. The standard InChI is InChI=1S/C23H30FN3O3/c1-3-4-5-6-13-25-22(28)18-8-7-14-27(15-18)23(29)20-16(2)30-26-21(20)17-9-11-19(24)12-10-17/h9-12,18H,3-8,13-15H2,1-2H3,(H,25,28). The molecule has 3 rings (SSSR count). The molecule has 1 N–H and O–H groups in total. The highest BCUT2D eigenvalue weighted by atomic mass is 19.1. The molecule has 0 aliphatic carbocycles. The first-order chi connectivity index (χ1) is 14.5. The van der Waals surface area contributed by atoms with Crippen LogP contribution >= 0.6 is 0 Å². The van der Waals surface area contributed by atoms with E-state index >= 15 is 0 Å². The zero-order valence-corrected chi connectivity index (χ0v) is 17.7. The number of aryl methyl sites for hydroxylation is 1. The predicted octanol–water partition coefficient (Wildman–Crippen LogP) is 4.34. The molecule has 2 heterocycles. The average molecular weight is 416 g/mol. The number of amides is 2. The Morgan fingerprint density at radius 3 is 2.73 bits per heavy atom. The van der Waals surface area contributed by atoms with E-state index in [-0.39, 0.29) is 23.5 Å². The van der Waals surface area contributed by atoms with Gasteiger partial charge >= 0.3 is 0 Å². The third-order valence-corrected chi connectivity index (χ3v) is 5.60. The molecule has 1 unspecified atom stereocenters. The molecule has 2 aromatic rings. The number of likely N-dealkylation sites (tertiary alicyclic amines) is 1. The van der Waals surface area contributed by atoms with Gasteiger partial charge in [0.05, 0.1) is 5.92 Å². The lowest BCUT2D eigenvalue weighted by molar-refractivity contribution is -0.126. The van der Waals surface area contributed by atoms with E-state index in [2.05, 4.69) is 17.4 Å². The summed E-state index contributed by atoms with van der Waals surface area (Å²) in [5.41, 5.74) is 1.40. The van der Waals surface area contributed by atoms with E-state index < -0.39 is 0 Å². The summed E-state index contributed by atoms with van der Waals surface area (Å²) in [5.74, 6) is -0.324. The van der Waals surface area contributed by atoms with Gasteiger partial charge in [0.25, 0.3) is 5.91 Å². The number of nitrogens with zero attached hydrogens (tertiary/aromatic N) is 2. The first-order valence-electron chi connectivity index (χ1n) is 10.8. The Labute approximate surface area is 176 Å². The lowest BCUT2D eigenvalue weighted by Crippen LogP contribution is -2.45. The van der Waals surface area contributed by atoms with E-state index in [1.54, 1.807) is 24.0 Å². The number of rotatable bonds is 8. The molecule has 2 amide bonds. The fraction of sp³-hybridized carbons (Fsp3) is 0.522. The number of nitrogens with one attached hydrogen (secondary N) is 1. The Morgan fingerprint density at radius 2 is 2.00 bits per heavy atom. The zero-order valence-electron chi connectivity index (χ0n) is 17.7. The third kappa shape index (κ3) is 5.26. The van der Waals surface area contributed by atoms with E-state index in [1.165, 1.54) is 18.6 Å². The lowest BCUT2D eigenvalue weighted by atomic mass is 9.95. The topological polar surface area (TPSA) is 75.4 Å². The molecule has 1 atom stereocenters. The van der Waals surface area contributed by atoms with Crippen LogP contribution in [0.1, 0.15) is 61.6 Å². The molecule has 1 aliphatic heterocycles. The van der Waals surface area contributed by atoms with Gasteiger partial charge in [-0.1, -0.05) is 31.3 Å². The summed E-state index contributed by atoms with van der Waals surface area (Å²) in [6.07, 6.45) is 5.99. The summed E-state index contributed by atoms with van der Waals surface area (Å²) < 4.78 is 18.6. The second-order valence-electron chi connectivity index (χ2n) is 7.91. The summed E-state index contributed by atoms with van der Waals surface area (Å²) in [6, 6.07) is 5.81. The second-order valence-corrected chi connectivity index (χ2v) is 7.91. The fourth-order valence-corrected chi connectivity index (χ4v) is 3.87. The molecule has 1 aromatic heterocycles. The Balaban J connectivity index is 1.66. The monoisotopic (exact) mass is 415 g/mol. The molecular weight excluding hydrogens is 385 g/mol. The number of aromatic nitrogens is 1. The van der Waals surface area contributed by atoms with Gasteiger partial charge in [-0.15, -0.1) is 0 Å². The molecule has 162 valence electrons. The molecule has 1 aliphatic rings. The first kappa shape index (κ1) is 22.0. The minimum absolute atomic E-state index is 0.0183. The van der Waals surface area contributed by atoms with Gasteiger partial charge < -0.3 is 14.7 Å². The van der Waals surface area contributed by atoms with Gasteiger partial charge in [0.1, 0.15) is 22.8 Å². The van der Waals surface area contributed by atoms with E-state index in [0.717, 1.165) is 32.1 Å². The minimum atomic E-state index is -0.355. The van der Waals surface area contributed by atoms with Crippen LogP contribution in [0, 0.1) is 18.7 Å². The van der Waals surface area contributed by atoms with Crippen LogP contribution in [0.3, 0.4) is 0 Å².